The zero-order valence-electron chi connectivity index (χ0n) is 12.5. The van der Waals surface area contributed by atoms with Gasteiger partial charge < -0.3 is 0 Å². The summed E-state index contributed by atoms with van der Waals surface area (Å²) in [6.07, 6.45) is 0. The average molecular weight is 313 g/mol. The Morgan fingerprint density at radius 1 is 0.588 bits per heavy atom. The molecule has 0 bridgehead atoms. The van der Waals surface area contributed by atoms with Crippen LogP contribution in [0.5, 0.6) is 0 Å². The summed E-state index contributed by atoms with van der Waals surface area (Å²) >= 11 is 3.99. The molecule has 104 valence electrons. The Bertz CT molecular complexity index is 163. The van der Waals surface area contributed by atoms with Gasteiger partial charge in [0, 0.05) is 0 Å². The molecule has 0 aromatic rings. The molecule has 0 aliphatic rings. The highest BCUT2D eigenvalue weighted by Crippen LogP contribution is 2.61. The lowest BCUT2D eigenvalue weighted by molar-refractivity contribution is 1.03. The minimum atomic E-state index is 0.0472. The molecule has 0 saturated heterocycles. The van der Waals surface area contributed by atoms with Gasteiger partial charge >= 0.3 is 0 Å². The van der Waals surface area contributed by atoms with Gasteiger partial charge in [0.1, 0.15) is 0 Å². The molecule has 0 aromatic carbocycles. The van der Waals surface area contributed by atoms with E-state index in [9.17, 15) is 0 Å². The minimum Gasteiger partial charge on any atom is -0.201 e. The third kappa shape index (κ3) is 7.63. The van der Waals surface area contributed by atoms with E-state index in [1.807, 2.05) is 23.1 Å². The number of hydrogen-bond acceptors (Lipinski definition) is 3. The van der Waals surface area contributed by atoms with Crippen LogP contribution in [0.25, 0.3) is 0 Å². The highest BCUT2D eigenvalue weighted by Gasteiger charge is 2.21. The average Bonchev–Trinajstić information content (AvgIpc) is 2.14. The standard InChI is InChI=1S/C12H29NP2S2/c1-9(2)14(10(3)4)16-13-17-15(11(5)6)12(7)8/h9-13H,1-8H3. The monoisotopic (exact) mass is 313 g/mol. The summed E-state index contributed by atoms with van der Waals surface area (Å²) in [5, 5.41) is 0. The van der Waals surface area contributed by atoms with Crippen molar-refractivity contribution in [2.75, 3.05) is 0 Å². The Morgan fingerprint density at radius 3 is 1.00 bits per heavy atom. The van der Waals surface area contributed by atoms with Gasteiger partial charge in [0.25, 0.3) is 0 Å². The van der Waals surface area contributed by atoms with Crippen molar-refractivity contribution in [3.63, 3.8) is 0 Å². The van der Waals surface area contributed by atoms with Crippen LogP contribution >= 0.6 is 37.4 Å². The lowest BCUT2D eigenvalue weighted by Crippen LogP contribution is -2.06. The minimum absolute atomic E-state index is 0.0472. The van der Waals surface area contributed by atoms with Gasteiger partial charge in [0.05, 0.1) is 0 Å². The van der Waals surface area contributed by atoms with Crippen LogP contribution in [0.15, 0.2) is 0 Å². The van der Waals surface area contributed by atoms with Crippen molar-refractivity contribution in [1.29, 1.82) is 0 Å². The van der Waals surface area contributed by atoms with Gasteiger partial charge in [-0.2, -0.15) is 0 Å². The number of hydrogen-bond donors (Lipinski definition) is 1. The zero-order chi connectivity index (χ0) is 13.6. The van der Waals surface area contributed by atoms with Crippen LogP contribution in [0, 0.1) is 0 Å². The highest BCUT2D eigenvalue weighted by atomic mass is 32.8. The van der Waals surface area contributed by atoms with E-state index in [2.05, 4.69) is 59.5 Å². The molecule has 5 heteroatoms. The largest absolute Gasteiger partial charge is 0.201 e. The van der Waals surface area contributed by atoms with Crippen molar-refractivity contribution in [3.8, 4) is 0 Å². The van der Waals surface area contributed by atoms with Crippen molar-refractivity contribution in [1.82, 2.24) is 4.13 Å². The van der Waals surface area contributed by atoms with Gasteiger partial charge in [0.2, 0.25) is 0 Å². The van der Waals surface area contributed by atoms with Crippen molar-refractivity contribution in [2.24, 2.45) is 0 Å². The summed E-state index contributed by atoms with van der Waals surface area (Å²) in [4.78, 5) is 0. The maximum Gasteiger partial charge on any atom is -0.0159 e. The maximum absolute atomic E-state index is 3.60. The van der Waals surface area contributed by atoms with Crippen LogP contribution in [-0.2, 0) is 0 Å². The first-order valence-electron chi connectivity index (χ1n) is 6.42. The molecule has 0 amide bonds. The van der Waals surface area contributed by atoms with E-state index in [1.54, 1.807) is 0 Å². The molecule has 0 unspecified atom stereocenters. The SMILES string of the molecule is CC(C)P(SNSP(C(C)C)C(C)C)C(C)C. The lowest BCUT2D eigenvalue weighted by Gasteiger charge is -2.28. The molecule has 17 heavy (non-hydrogen) atoms. The molecule has 0 heterocycles. The van der Waals surface area contributed by atoms with Crippen molar-refractivity contribution in [3.05, 3.63) is 0 Å². The second-order valence-corrected chi connectivity index (χ2v) is 15.6. The molecule has 0 aromatic heterocycles. The fourth-order valence-electron chi connectivity index (χ4n) is 1.72. The van der Waals surface area contributed by atoms with Crippen LogP contribution in [0.4, 0.5) is 0 Å². The first kappa shape index (κ1) is 18.5. The number of rotatable bonds is 8. The summed E-state index contributed by atoms with van der Waals surface area (Å²) in [6.45, 7) is 18.8. The fourth-order valence-corrected chi connectivity index (χ4v) is 11.0. The molecule has 0 rings (SSSR count). The van der Waals surface area contributed by atoms with Gasteiger partial charge in [-0.15, -0.1) is 0 Å². The molecule has 1 N–H and O–H groups in total. The van der Waals surface area contributed by atoms with Gasteiger partial charge in [0.15, 0.2) is 0 Å². The van der Waals surface area contributed by atoms with E-state index >= 15 is 0 Å². The normalized spacial score (nSPS) is 13.1. The van der Waals surface area contributed by atoms with E-state index in [0.29, 0.717) is 0 Å². The lowest BCUT2D eigenvalue weighted by atomic mass is 10.5. The van der Waals surface area contributed by atoms with Gasteiger partial charge in [-0.1, -0.05) is 55.4 Å². The Morgan fingerprint density at radius 2 is 0.824 bits per heavy atom. The van der Waals surface area contributed by atoms with Crippen LogP contribution in [0.2, 0.25) is 0 Å². The molecule has 1 nitrogen and oxygen atoms in total. The summed E-state index contributed by atoms with van der Waals surface area (Å²) in [5.74, 6) is 0. The second-order valence-electron chi connectivity index (χ2n) is 5.36. The number of nitrogens with one attached hydrogen (secondary N) is 1. The van der Waals surface area contributed by atoms with E-state index < -0.39 is 0 Å². The molecule has 0 atom stereocenters. The predicted molar refractivity (Wildman–Crippen MR) is 92.7 cm³/mol. The predicted octanol–water partition coefficient (Wildman–Crippen LogP) is 6.30. The molecule has 0 aliphatic heterocycles. The summed E-state index contributed by atoms with van der Waals surface area (Å²) in [7, 11) is 0.0945. The Hall–Kier alpha value is 1.52. The molecule has 0 fully saturated rings. The molecule has 0 spiro atoms. The Balaban J connectivity index is 4.10. The summed E-state index contributed by atoms with van der Waals surface area (Å²) in [6, 6.07) is 0. The second kappa shape index (κ2) is 9.43. The zero-order valence-corrected chi connectivity index (χ0v) is 15.9. The molecular formula is C12H29NP2S2. The highest BCUT2D eigenvalue weighted by molar-refractivity contribution is 8.64. The summed E-state index contributed by atoms with van der Waals surface area (Å²) < 4.78 is 3.60. The van der Waals surface area contributed by atoms with Gasteiger partial charge in [-0.3, -0.25) is 0 Å². The first-order chi connectivity index (χ1) is 7.77. The summed E-state index contributed by atoms with van der Waals surface area (Å²) in [5.41, 5.74) is 3.19. The van der Waals surface area contributed by atoms with E-state index in [-0.39, 0.29) is 14.2 Å². The van der Waals surface area contributed by atoms with Gasteiger partial charge in [-0.25, -0.2) is 4.13 Å². The van der Waals surface area contributed by atoms with E-state index in [1.165, 1.54) is 0 Å². The van der Waals surface area contributed by atoms with Crippen molar-refractivity contribution < 1.29 is 0 Å². The molecule has 0 radical (unpaired) electrons. The van der Waals surface area contributed by atoms with Crippen LogP contribution in [-0.4, -0.2) is 22.6 Å². The first-order valence-corrected chi connectivity index (χ1v) is 12.2. The fraction of sp³-hybridized carbons (Fsp3) is 1.00. The van der Waals surface area contributed by atoms with E-state index in [4.69, 9.17) is 0 Å². The smallest absolute Gasteiger partial charge is 0.0159 e. The maximum atomic E-state index is 3.60. The molecule has 0 saturated carbocycles. The van der Waals surface area contributed by atoms with E-state index in [0.717, 1.165) is 22.6 Å². The van der Waals surface area contributed by atoms with Crippen LogP contribution < -0.4 is 4.13 Å². The topological polar surface area (TPSA) is 12.0 Å². The molecule has 0 aliphatic carbocycles. The van der Waals surface area contributed by atoms with Gasteiger partial charge in [-0.05, 0) is 60.0 Å². The quantitative estimate of drug-likeness (QED) is 0.417. The van der Waals surface area contributed by atoms with Crippen LogP contribution in [0.1, 0.15) is 55.4 Å². The third-order valence-corrected chi connectivity index (χ3v) is 15.1. The molecular weight excluding hydrogens is 284 g/mol. The Labute approximate surface area is 119 Å². The van der Waals surface area contributed by atoms with Crippen LogP contribution in [0.3, 0.4) is 0 Å². The van der Waals surface area contributed by atoms with Crippen molar-refractivity contribution >= 4 is 37.4 Å². The Kier molecular flexibility index (Phi) is 10.3. The third-order valence-electron chi connectivity index (χ3n) is 2.32. The van der Waals surface area contributed by atoms with Crippen molar-refractivity contribution in [2.45, 2.75) is 78.0 Å².